The molecule has 1 fully saturated rings. The fourth-order valence-corrected chi connectivity index (χ4v) is 1.66. The SMILES string of the molecule is CNC(C)c1nc(N2CCN(C)CC2)no1. The first-order chi connectivity index (χ1) is 7.70. The number of hydrogen-bond acceptors (Lipinski definition) is 6. The number of anilines is 1. The number of nitrogens with one attached hydrogen (secondary N) is 1. The van der Waals surface area contributed by atoms with Gasteiger partial charge in [0.1, 0.15) is 0 Å². The van der Waals surface area contributed by atoms with Gasteiger partial charge in [-0.05, 0) is 26.2 Å². The molecule has 6 heteroatoms. The van der Waals surface area contributed by atoms with Crippen LogP contribution in [0.1, 0.15) is 18.9 Å². The molecule has 1 aliphatic heterocycles. The molecule has 16 heavy (non-hydrogen) atoms. The van der Waals surface area contributed by atoms with Crippen molar-refractivity contribution in [1.29, 1.82) is 0 Å². The number of rotatable bonds is 3. The summed E-state index contributed by atoms with van der Waals surface area (Å²) in [6.07, 6.45) is 0. The monoisotopic (exact) mass is 225 g/mol. The van der Waals surface area contributed by atoms with Crippen molar-refractivity contribution in [3.63, 3.8) is 0 Å². The molecule has 0 radical (unpaired) electrons. The summed E-state index contributed by atoms with van der Waals surface area (Å²) < 4.78 is 5.22. The van der Waals surface area contributed by atoms with Gasteiger partial charge in [0.05, 0.1) is 6.04 Å². The Morgan fingerprint density at radius 1 is 1.31 bits per heavy atom. The van der Waals surface area contributed by atoms with E-state index in [2.05, 4.69) is 32.3 Å². The molecule has 0 bridgehead atoms. The zero-order valence-electron chi connectivity index (χ0n) is 10.1. The van der Waals surface area contributed by atoms with Gasteiger partial charge in [-0.1, -0.05) is 0 Å². The second kappa shape index (κ2) is 4.80. The van der Waals surface area contributed by atoms with Gasteiger partial charge in [0.25, 0.3) is 5.95 Å². The van der Waals surface area contributed by atoms with E-state index in [1.165, 1.54) is 0 Å². The van der Waals surface area contributed by atoms with Crippen molar-refractivity contribution in [2.45, 2.75) is 13.0 Å². The predicted molar refractivity (Wildman–Crippen MR) is 61.5 cm³/mol. The molecule has 0 aromatic carbocycles. The molecule has 2 rings (SSSR count). The molecule has 1 saturated heterocycles. The van der Waals surface area contributed by atoms with E-state index in [-0.39, 0.29) is 6.04 Å². The highest BCUT2D eigenvalue weighted by molar-refractivity contribution is 5.28. The number of hydrogen-bond donors (Lipinski definition) is 1. The van der Waals surface area contributed by atoms with E-state index in [1.54, 1.807) is 0 Å². The summed E-state index contributed by atoms with van der Waals surface area (Å²) in [6.45, 7) is 6.02. The minimum atomic E-state index is 0.105. The Balaban J connectivity index is 2.01. The first-order valence-corrected chi connectivity index (χ1v) is 5.65. The second-order valence-electron chi connectivity index (χ2n) is 4.23. The van der Waals surface area contributed by atoms with Gasteiger partial charge in [0, 0.05) is 26.2 Å². The van der Waals surface area contributed by atoms with Crippen LogP contribution in [0.5, 0.6) is 0 Å². The predicted octanol–water partition coefficient (Wildman–Crippen LogP) is 0.102. The topological polar surface area (TPSA) is 57.4 Å². The lowest BCUT2D eigenvalue weighted by Gasteiger charge is -2.31. The van der Waals surface area contributed by atoms with E-state index in [0.29, 0.717) is 11.8 Å². The second-order valence-corrected chi connectivity index (χ2v) is 4.23. The highest BCUT2D eigenvalue weighted by Crippen LogP contribution is 2.15. The van der Waals surface area contributed by atoms with E-state index in [0.717, 1.165) is 26.2 Å². The van der Waals surface area contributed by atoms with Crippen molar-refractivity contribution in [1.82, 2.24) is 20.4 Å². The van der Waals surface area contributed by atoms with Gasteiger partial charge >= 0.3 is 0 Å². The van der Waals surface area contributed by atoms with Gasteiger partial charge in [-0.2, -0.15) is 4.98 Å². The van der Waals surface area contributed by atoms with Crippen LogP contribution in [-0.4, -0.2) is 55.3 Å². The lowest BCUT2D eigenvalue weighted by atomic mass is 10.3. The fourth-order valence-electron chi connectivity index (χ4n) is 1.66. The Morgan fingerprint density at radius 2 is 2.00 bits per heavy atom. The summed E-state index contributed by atoms with van der Waals surface area (Å²) in [5, 5.41) is 7.10. The van der Waals surface area contributed by atoms with Crippen LogP contribution in [0.4, 0.5) is 5.95 Å². The maximum Gasteiger partial charge on any atom is 0.266 e. The maximum absolute atomic E-state index is 5.22. The van der Waals surface area contributed by atoms with Crippen LogP contribution in [0, 0.1) is 0 Å². The molecule has 6 nitrogen and oxygen atoms in total. The van der Waals surface area contributed by atoms with E-state index >= 15 is 0 Å². The van der Waals surface area contributed by atoms with Crippen molar-refractivity contribution in [3.05, 3.63) is 5.89 Å². The Kier molecular flexibility index (Phi) is 3.40. The number of aromatic nitrogens is 2. The molecule has 0 spiro atoms. The smallest absolute Gasteiger partial charge is 0.266 e. The van der Waals surface area contributed by atoms with Crippen LogP contribution < -0.4 is 10.2 Å². The zero-order valence-corrected chi connectivity index (χ0v) is 10.1. The summed E-state index contributed by atoms with van der Waals surface area (Å²) >= 11 is 0. The summed E-state index contributed by atoms with van der Waals surface area (Å²) in [4.78, 5) is 8.86. The molecule has 90 valence electrons. The molecule has 0 saturated carbocycles. The fraction of sp³-hybridized carbons (Fsp3) is 0.800. The van der Waals surface area contributed by atoms with Crippen molar-refractivity contribution in [2.24, 2.45) is 0 Å². The third-order valence-electron chi connectivity index (χ3n) is 3.02. The molecule has 1 aromatic rings. The van der Waals surface area contributed by atoms with Gasteiger partial charge in [0.2, 0.25) is 5.89 Å². The molecular formula is C10H19N5O. The summed E-state index contributed by atoms with van der Waals surface area (Å²) in [5.74, 6) is 1.36. The molecule has 1 N–H and O–H groups in total. The van der Waals surface area contributed by atoms with Crippen LogP contribution in [0.25, 0.3) is 0 Å². The van der Waals surface area contributed by atoms with Gasteiger partial charge < -0.3 is 19.6 Å². The summed E-state index contributed by atoms with van der Waals surface area (Å²) in [6, 6.07) is 0.105. The normalized spacial score (nSPS) is 20.1. The lowest BCUT2D eigenvalue weighted by molar-refractivity contribution is 0.307. The van der Waals surface area contributed by atoms with Crippen molar-refractivity contribution >= 4 is 5.95 Å². The Morgan fingerprint density at radius 3 is 2.62 bits per heavy atom. The van der Waals surface area contributed by atoms with Gasteiger partial charge in [-0.25, -0.2) is 0 Å². The van der Waals surface area contributed by atoms with Crippen LogP contribution in [0.15, 0.2) is 4.52 Å². The zero-order chi connectivity index (χ0) is 11.5. The van der Waals surface area contributed by atoms with E-state index < -0.39 is 0 Å². The van der Waals surface area contributed by atoms with Crippen molar-refractivity contribution in [3.8, 4) is 0 Å². The largest absolute Gasteiger partial charge is 0.336 e. The highest BCUT2D eigenvalue weighted by atomic mass is 16.5. The van der Waals surface area contributed by atoms with E-state index in [4.69, 9.17) is 4.52 Å². The first-order valence-electron chi connectivity index (χ1n) is 5.65. The molecule has 1 atom stereocenters. The number of likely N-dealkylation sites (N-methyl/N-ethyl adjacent to an activating group) is 1. The first kappa shape index (κ1) is 11.3. The molecule has 2 heterocycles. The van der Waals surface area contributed by atoms with E-state index in [1.807, 2.05) is 14.0 Å². The minimum Gasteiger partial charge on any atom is -0.336 e. The maximum atomic E-state index is 5.22. The van der Waals surface area contributed by atoms with Crippen molar-refractivity contribution < 1.29 is 4.52 Å². The summed E-state index contributed by atoms with van der Waals surface area (Å²) in [5.41, 5.74) is 0. The van der Waals surface area contributed by atoms with Crippen LogP contribution in [-0.2, 0) is 0 Å². The van der Waals surface area contributed by atoms with Gasteiger partial charge in [-0.15, -0.1) is 0 Å². The molecular weight excluding hydrogens is 206 g/mol. The molecule has 0 aliphatic carbocycles. The third-order valence-corrected chi connectivity index (χ3v) is 3.02. The number of nitrogens with zero attached hydrogens (tertiary/aromatic N) is 4. The number of piperazine rings is 1. The molecule has 1 unspecified atom stereocenters. The highest BCUT2D eigenvalue weighted by Gasteiger charge is 2.20. The average molecular weight is 225 g/mol. The Labute approximate surface area is 95.6 Å². The van der Waals surface area contributed by atoms with Crippen LogP contribution in [0.2, 0.25) is 0 Å². The minimum absolute atomic E-state index is 0.105. The van der Waals surface area contributed by atoms with E-state index in [9.17, 15) is 0 Å². The molecule has 1 aliphatic rings. The molecule has 1 aromatic heterocycles. The summed E-state index contributed by atoms with van der Waals surface area (Å²) in [7, 11) is 4.01. The third kappa shape index (κ3) is 2.33. The van der Waals surface area contributed by atoms with Gasteiger partial charge in [-0.3, -0.25) is 0 Å². The van der Waals surface area contributed by atoms with Gasteiger partial charge in [0.15, 0.2) is 0 Å². The molecule has 0 amide bonds. The van der Waals surface area contributed by atoms with Crippen LogP contribution in [0.3, 0.4) is 0 Å². The Hall–Kier alpha value is -1.14. The lowest BCUT2D eigenvalue weighted by Crippen LogP contribution is -2.44. The van der Waals surface area contributed by atoms with Crippen molar-refractivity contribution in [2.75, 3.05) is 45.2 Å². The quantitative estimate of drug-likeness (QED) is 0.787. The van der Waals surface area contributed by atoms with Crippen LogP contribution >= 0.6 is 0 Å². The average Bonchev–Trinajstić information content (AvgIpc) is 2.78. The standard InChI is InChI=1S/C10H19N5O/c1-8(11-2)9-12-10(13-16-9)15-6-4-14(3)5-7-15/h8,11H,4-7H2,1-3H3. The Bertz CT molecular complexity index is 332.